The van der Waals surface area contributed by atoms with Gasteiger partial charge >= 0.3 is 6.09 Å². The largest absolute Gasteiger partial charge is 0.441 e. The second kappa shape index (κ2) is 31.1. The first-order valence-corrected chi connectivity index (χ1v) is 34.7. The molecule has 4 aliphatic heterocycles. The van der Waals surface area contributed by atoms with Crippen molar-refractivity contribution < 1.29 is 125 Å². The maximum Gasteiger partial charge on any atom is 0.404 e. The predicted octanol–water partition coefficient (Wildman–Crippen LogP) is 0.493. The molecule has 0 bridgehead atoms. The number of ether oxygens (including phenoxy) is 6. The van der Waals surface area contributed by atoms with Gasteiger partial charge in [0.2, 0.25) is 11.6 Å². The van der Waals surface area contributed by atoms with Crippen LogP contribution in [-0.2, 0) is 84.5 Å². The number of hydrogen-bond acceptors (Lipinski definition) is 23. The van der Waals surface area contributed by atoms with E-state index in [1.165, 1.54) is 30.3 Å². The fourth-order valence-corrected chi connectivity index (χ4v) is 13.4. The molecular weight excluding hydrogens is 1260 g/mol. The van der Waals surface area contributed by atoms with E-state index in [0.717, 1.165) is 5.71 Å². The van der Waals surface area contributed by atoms with Crippen molar-refractivity contribution in [1.82, 2.24) is 5.32 Å². The summed E-state index contributed by atoms with van der Waals surface area (Å²) in [6, 6.07) is 8.38. The number of primary amides is 1. The van der Waals surface area contributed by atoms with Gasteiger partial charge in [0.15, 0.2) is 24.4 Å². The normalized spacial score (nSPS) is 27.0. The van der Waals surface area contributed by atoms with E-state index in [1.807, 2.05) is 36.3 Å². The molecule has 0 aliphatic carbocycles. The molecule has 1 unspecified atom stereocenters. The number of unbranched alkanes of at least 4 members (excludes halogenated alkanes) is 4. The van der Waals surface area contributed by atoms with Crippen LogP contribution in [0.2, 0.25) is 0 Å². The molecule has 30 nitrogen and oxygen atoms in total. The summed E-state index contributed by atoms with van der Waals surface area (Å²) in [5, 5.41) is 65.0. The average Bonchev–Trinajstić information content (AvgIpc) is 1.66. The number of nitrogens with one attached hydrogen (secondary N) is 1. The molecule has 34 heteroatoms. The Morgan fingerprint density at radius 2 is 1.31 bits per heavy atom. The highest BCUT2D eigenvalue weighted by Gasteiger charge is 2.53. The lowest BCUT2D eigenvalue weighted by Crippen LogP contribution is -2.65. The number of aliphatic hydroxyl groups is 6. The number of carbonyl (C=O) groups excluding carboxylic acids is 2. The molecule has 0 spiro atoms. The number of allylic oxidation sites excluding steroid dienone is 6. The molecule has 4 heterocycles. The summed E-state index contributed by atoms with van der Waals surface area (Å²) in [5.41, 5.74) is 6.91. The Labute approximate surface area is 516 Å². The van der Waals surface area contributed by atoms with Crippen molar-refractivity contribution in [3.63, 3.8) is 0 Å². The number of fused-ring (bicyclic) bond motifs is 2. The molecule has 2 amide bonds. The maximum atomic E-state index is 12.9. The SMILES string of the molecule is CC1(C)C(/C=C/C=C/C=C2/N(CCCCS(=O)(=O)O)c3ccc(S(=O)(=O)O)cc3C2(C)CCCCS(=O)(=O)O)=[N+](CCCCCC(=O)NCCOCCO[C@@H]2O[C@@H](CO)[C@@H](O)[C@H](O)[C@@H]2O[C@H]2O[C@H](CO)[C@@H](O)[C@H](OC(N)=O)[C@@H]2O)c2ccc(S(=O)(=O)O)cc21. The zero-order valence-electron chi connectivity index (χ0n) is 49.2. The van der Waals surface area contributed by atoms with E-state index in [-0.39, 0.29) is 87.1 Å². The van der Waals surface area contributed by atoms with E-state index in [1.54, 1.807) is 30.4 Å². The van der Waals surface area contributed by atoms with E-state index in [0.29, 0.717) is 54.0 Å². The standard InChI is InChI=1S/C55H80N4O26S4/c1-54(2)36-30-34(88(74,75)76)17-19-38(36)58(42(54)14-6-4-7-15-43-55(3,21-9-12-28-86(68,69)70)37-31-35(89(77,78)79)18-20-39(37)59(43)24-11-13-29-87(71,72)73)23-10-5-8-16-44(62)57-22-25-80-26-27-81-52-50(47(65)45(63)40(32-60)83-52)84-51-48(66)49(85-53(56)67)46(64)41(33-61)82-51/h4,6-7,14-15,17-20,30-31,40-41,45-52,60-61,63-66H,5,8-13,16,21-29,32-33H2,1-3H3,(H6-,56,57,62,67,68,69,70,71,72,73,74,75,76,77,78,79)/p+1/t40-,41+,45+,46+,47-,48-,49-,50-,51+,52+,55?/m0/s1. The lowest BCUT2D eigenvalue weighted by Gasteiger charge is -2.46. The van der Waals surface area contributed by atoms with Gasteiger partial charge in [-0.1, -0.05) is 24.6 Å². The van der Waals surface area contributed by atoms with Crippen LogP contribution in [0.5, 0.6) is 0 Å². The molecule has 500 valence electrons. The number of anilines is 1. The summed E-state index contributed by atoms with van der Waals surface area (Å²) in [5.74, 6) is -1.30. The van der Waals surface area contributed by atoms with Crippen LogP contribution >= 0.6 is 0 Å². The molecule has 2 aromatic carbocycles. The van der Waals surface area contributed by atoms with Crippen LogP contribution in [0.1, 0.15) is 89.7 Å². The molecule has 13 N–H and O–H groups in total. The quantitative estimate of drug-likeness (QED) is 0.0200. The van der Waals surface area contributed by atoms with Crippen LogP contribution in [0.25, 0.3) is 0 Å². The van der Waals surface area contributed by atoms with Crippen LogP contribution < -0.4 is 16.0 Å². The van der Waals surface area contributed by atoms with E-state index < -0.39 is 144 Å². The first kappa shape index (κ1) is 73.1. The molecule has 2 fully saturated rings. The molecule has 0 aromatic heterocycles. The van der Waals surface area contributed by atoms with Gasteiger partial charge < -0.3 is 75.0 Å². The second-order valence-corrected chi connectivity index (χ2v) is 28.5. The van der Waals surface area contributed by atoms with Gasteiger partial charge in [-0.15, -0.1) is 0 Å². The minimum absolute atomic E-state index is 0.0358. The Balaban J connectivity index is 1.08. The van der Waals surface area contributed by atoms with Gasteiger partial charge in [0.05, 0.1) is 59.7 Å². The van der Waals surface area contributed by atoms with Crippen molar-refractivity contribution in [2.45, 2.75) is 161 Å². The van der Waals surface area contributed by atoms with Gasteiger partial charge in [0.25, 0.3) is 40.5 Å². The van der Waals surface area contributed by atoms with Gasteiger partial charge in [-0.25, -0.2) is 4.79 Å². The molecule has 11 atom stereocenters. The van der Waals surface area contributed by atoms with E-state index in [9.17, 15) is 92.1 Å². The molecule has 0 saturated carbocycles. The van der Waals surface area contributed by atoms with Crippen molar-refractivity contribution in [2.75, 3.05) is 69.1 Å². The van der Waals surface area contributed by atoms with E-state index >= 15 is 0 Å². The molecule has 4 aliphatic rings. The average molecular weight is 1340 g/mol. The molecule has 2 saturated heterocycles. The topological polar surface area (TPSA) is 473 Å². The Kier molecular flexibility index (Phi) is 25.6. The van der Waals surface area contributed by atoms with Crippen LogP contribution in [0.3, 0.4) is 0 Å². The fraction of sp³-hybridized carbons (Fsp3) is 0.618. The summed E-state index contributed by atoms with van der Waals surface area (Å²) >= 11 is 0. The van der Waals surface area contributed by atoms with Crippen LogP contribution in [0, 0.1) is 0 Å². The van der Waals surface area contributed by atoms with Crippen LogP contribution in [0.15, 0.2) is 82.3 Å². The first-order valence-electron chi connectivity index (χ1n) is 28.6. The number of carbonyl (C=O) groups is 2. The monoisotopic (exact) mass is 1340 g/mol. The van der Waals surface area contributed by atoms with Gasteiger partial charge in [-0.2, -0.15) is 38.2 Å². The minimum Gasteiger partial charge on any atom is -0.441 e. The maximum absolute atomic E-state index is 12.9. The summed E-state index contributed by atoms with van der Waals surface area (Å²) in [6.07, 6.45) is -6.51. The van der Waals surface area contributed by atoms with E-state index in [2.05, 4.69) is 5.32 Å². The highest BCUT2D eigenvalue weighted by Crippen LogP contribution is 2.52. The van der Waals surface area contributed by atoms with Crippen LogP contribution in [0.4, 0.5) is 16.2 Å². The molecule has 0 radical (unpaired) electrons. The molecule has 6 rings (SSSR count). The number of rotatable bonds is 33. The Morgan fingerprint density at radius 1 is 0.697 bits per heavy atom. The van der Waals surface area contributed by atoms with Crippen molar-refractivity contribution in [1.29, 1.82) is 0 Å². The molecular formula is C55H81N4O26S4+. The Bertz CT molecular complexity index is 3400. The summed E-state index contributed by atoms with van der Waals surface area (Å²) in [6.45, 7) is 4.50. The summed E-state index contributed by atoms with van der Waals surface area (Å²) < 4.78 is 169. The van der Waals surface area contributed by atoms with Gasteiger partial charge in [0, 0.05) is 60.4 Å². The first-order chi connectivity index (χ1) is 41.6. The van der Waals surface area contributed by atoms with Crippen molar-refractivity contribution in [3.05, 3.63) is 83.6 Å². The third-order valence-corrected chi connectivity index (χ3v) is 19.1. The van der Waals surface area contributed by atoms with Crippen molar-refractivity contribution in [3.8, 4) is 0 Å². The van der Waals surface area contributed by atoms with Crippen LogP contribution in [-0.4, -0.2) is 230 Å². The number of amides is 2. The lowest BCUT2D eigenvalue weighted by molar-refractivity contribution is -0.438. The highest BCUT2D eigenvalue weighted by atomic mass is 32.2. The smallest absolute Gasteiger partial charge is 0.404 e. The fourth-order valence-electron chi connectivity index (χ4n) is 11.3. The van der Waals surface area contributed by atoms with E-state index in [4.69, 9.17) is 34.2 Å². The van der Waals surface area contributed by atoms with Crippen molar-refractivity contribution >= 4 is 69.6 Å². The third-order valence-electron chi connectivity index (χ3n) is 15.8. The zero-order chi connectivity index (χ0) is 65.9. The van der Waals surface area contributed by atoms with Gasteiger partial charge in [-0.05, 0) is 101 Å². The third kappa shape index (κ3) is 19.3. The summed E-state index contributed by atoms with van der Waals surface area (Å²) in [7, 11) is -17.8. The Hall–Kier alpha value is -4.93. The molecule has 2 aromatic rings. The predicted molar refractivity (Wildman–Crippen MR) is 315 cm³/mol. The van der Waals surface area contributed by atoms with Gasteiger partial charge in [-0.3, -0.25) is 23.0 Å². The number of nitrogens with two attached hydrogens (primary N) is 1. The number of aliphatic hydroxyl groups excluding tert-OH is 6. The summed E-state index contributed by atoms with van der Waals surface area (Å²) in [4.78, 5) is 25.5. The number of nitrogens with zero attached hydrogens (tertiary/aromatic N) is 2. The number of benzene rings is 2. The number of hydrogen-bond donors (Lipinski definition) is 12. The lowest BCUT2D eigenvalue weighted by atomic mass is 9.77. The minimum atomic E-state index is -4.68. The molecule has 89 heavy (non-hydrogen) atoms. The second-order valence-electron chi connectivity index (χ2n) is 22.5. The zero-order valence-corrected chi connectivity index (χ0v) is 52.4. The Morgan fingerprint density at radius 3 is 1.94 bits per heavy atom. The highest BCUT2D eigenvalue weighted by molar-refractivity contribution is 7.86. The van der Waals surface area contributed by atoms with Crippen molar-refractivity contribution in [2.24, 2.45) is 5.73 Å². The van der Waals surface area contributed by atoms with Gasteiger partial charge in [0.1, 0.15) is 49.3 Å².